The zero-order chi connectivity index (χ0) is 21.4. The number of methoxy groups -OCH3 is 1. The van der Waals surface area contributed by atoms with Gasteiger partial charge in [0.25, 0.3) is 0 Å². The van der Waals surface area contributed by atoms with Crippen LogP contribution in [-0.4, -0.2) is 44.6 Å². The number of ether oxygens (including phenoxy) is 1. The van der Waals surface area contributed by atoms with E-state index in [0.29, 0.717) is 0 Å². The van der Waals surface area contributed by atoms with Gasteiger partial charge in [-0.15, -0.1) is 0 Å². The Balaban J connectivity index is 1.77. The standard InChI is InChI=1S/C23H30Br2N4O/c1-15-5-4-6-20(24)19(15)14-23(28-9-10-29-23)22(26-7-8-27-22)13-17-11-18(30-3)12-21(25)16(17)2/h4-6,11-12,26-29H,7-10,13-14H2,1-3H3. The van der Waals surface area contributed by atoms with Crippen molar-refractivity contribution in [1.82, 2.24) is 21.3 Å². The third-order valence-electron chi connectivity index (χ3n) is 6.60. The van der Waals surface area contributed by atoms with Crippen molar-refractivity contribution in [3.05, 3.63) is 61.5 Å². The molecule has 2 aliphatic rings. The van der Waals surface area contributed by atoms with Gasteiger partial charge in [-0.05, 0) is 54.3 Å². The van der Waals surface area contributed by atoms with Crippen molar-refractivity contribution in [2.24, 2.45) is 0 Å². The molecule has 2 aromatic carbocycles. The normalized spacial score (nSPS) is 19.9. The van der Waals surface area contributed by atoms with Gasteiger partial charge in [-0.2, -0.15) is 0 Å². The molecule has 5 nitrogen and oxygen atoms in total. The van der Waals surface area contributed by atoms with Gasteiger partial charge in [-0.1, -0.05) is 44.0 Å². The van der Waals surface area contributed by atoms with E-state index in [1.165, 1.54) is 22.3 Å². The highest BCUT2D eigenvalue weighted by Crippen LogP contribution is 2.36. The first-order valence-corrected chi connectivity index (χ1v) is 12.1. The second-order valence-corrected chi connectivity index (χ2v) is 10.0. The molecule has 0 atom stereocenters. The number of benzene rings is 2. The molecule has 2 saturated heterocycles. The van der Waals surface area contributed by atoms with Crippen LogP contribution in [0.4, 0.5) is 0 Å². The molecule has 4 N–H and O–H groups in total. The first-order chi connectivity index (χ1) is 14.4. The lowest BCUT2D eigenvalue weighted by atomic mass is 9.81. The molecular weight excluding hydrogens is 508 g/mol. The fourth-order valence-electron chi connectivity index (χ4n) is 4.83. The molecule has 2 heterocycles. The minimum absolute atomic E-state index is 0.319. The van der Waals surface area contributed by atoms with Crippen molar-refractivity contribution in [3.63, 3.8) is 0 Å². The summed E-state index contributed by atoms with van der Waals surface area (Å²) in [5.74, 6) is 0.874. The van der Waals surface area contributed by atoms with Crippen LogP contribution in [0.3, 0.4) is 0 Å². The van der Waals surface area contributed by atoms with Crippen molar-refractivity contribution in [2.45, 2.75) is 38.0 Å². The van der Waals surface area contributed by atoms with Crippen molar-refractivity contribution >= 4 is 31.9 Å². The van der Waals surface area contributed by atoms with Gasteiger partial charge in [0.15, 0.2) is 0 Å². The van der Waals surface area contributed by atoms with E-state index in [2.05, 4.69) is 91.2 Å². The average molecular weight is 538 g/mol. The molecule has 0 amide bonds. The number of hydrogen-bond acceptors (Lipinski definition) is 5. The lowest BCUT2D eigenvalue weighted by Gasteiger charge is -2.48. The van der Waals surface area contributed by atoms with Crippen LogP contribution in [0.5, 0.6) is 5.75 Å². The van der Waals surface area contributed by atoms with E-state index < -0.39 is 0 Å². The van der Waals surface area contributed by atoms with E-state index in [0.717, 1.165) is 53.7 Å². The molecule has 4 rings (SSSR count). The Morgan fingerprint density at radius 3 is 2.03 bits per heavy atom. The van der Waals surface area contributed by atoms with Crippen LogP contribution >= 0.6 is 31.9 Å². The second-order valence-electron chi connectivity index (χ2n) is 8.30. The summed E-state index contributed by atoms with van der Waals surface area (Å²) in [6, 6.07) is 10.6. The highest BCUT2D eigenvalue weighted by molar-refractivity contribution is 9.10. The van der Waals surface area contributed by atoms with E-state index in [9.17, 15) is 0 Å². The van der Waals surface area contributed by atoms with Gasteiger partial charge >= 0.3 is 0 Å². The summed E-state index contributed by atoms with van der Waals surface area (Å²) in [5.41, 5.74) is 4.49. The second kappa shape index (κ2) is 8.88. The fourth-order valence-corrected chi connectivity index (χ4v) is 5.92. The summed E-state index contributed by atoms with van der Waals surface area (Å²) >= 11 is 7.51. The quantitative estimate of drug-likeness (QED) is 0.455. The van der Waals surface area contributed by atoms with Crippen molar-refractivity contribution < 1.29 is 4.74 Å². The van der Waals surface area contributed by atoms with Crippen molar-refractivity contribution in [3.8, 4) is 5.75 Å². The van der Waals surface area contributed by atoms with Crippen molar-refractivity contribution in [1.29, 1.82) is 0 Å². The summed E-state index contributed by atoms with van der Waals surface area (Å²) in [4.78, 5) is 0. The molecule has 0 saturated carbocycles. The zero-order valence-electron chi connectivity index (χ0n) is 17.8. The van der Waals surface area contributed by atoms with Gasteiger partial charge in [0.05, 0.1) is 7.11 Å². The largest absolute Gasteiger partial charge is 0.497 e. The van der Waals surface area contributed by atoms with E-state index in [1.807, 2.05) is 6.07 Å². The van der Waals surface area contributed by atoms with E-state index in [4.69, 9.17) is 4.74 Å². The molecule has 162 valence electrons. The topological polar surface area (TPSA) is 57.4 Å². The van der Waals surface area contributed by atoms with Gasteiger partial charge < -0.3 is 4.74 Å². The summed E-state index contributed by atoms with van der Waals surface area (Å²) in [6.07, 6.45) is 1.70. The summed E-state index contributed by atoms with van der Waals surface area (Å²) in [5, 5.41) is 15.4. The maximum absolute atomic E-state index is 5.56. The lowest BCUT2D eigenvalue weighted by Crippen LogP contribution is -2.77. The Bertz CT molecular complexity index is 901. The van der Waals surface area contributed by atoms with Crippen LogP contribution in [-0.2, 0) is 12.8 Å². The van der Waals surface area contributed by atoms with Crippen LogP contribution in [0.1, 0.15) is 22.3 Å². The predicted octanol–water partition coefficient (Wildman–Crippen LogP) is 3.40. The first kappa shape index (κ1) is 22.2. The molecule has 2 aliphatic heterocycles. The number of rotatable bonds is 6. The maximum Gasteiger partial charge on any atom is 0.120 e. The Morgan fingerprint density at radius 1 is 0.867 bits per heavy atom. The Kier molecular flexibility index (Phi) is 6.59. The molecule has 7 heteroatoms. The Hall–Kier alpha value is -0.960. The summed E-state index contributed by atoms with van der Waals surface area (Å²) in [6.45, 7) is 8.11. The molecule has 30 heavy (non-hydrogen) atoms. The number of hydrogen-bond donors (Lipinski definition) is 4. The minimum Gasteiger partial charge on any atom is -0.497 e. The van der Waals surface area contributed by atoms with Crippen LogP contribution in [0.15, 0.2) is 39.3 Å². The lowest BCUT2D eigenvalue weighted by molar-refractivity contribution is 0.117. The smallest absolute Gasteiger partial charge is 0.120 e. The van der Waals surface area contributed by atoms with Crippen molar-refractivity contribution in [2.75, 3.05) is 33.3 Å². The monoisotopic (exact) mass is 536 g/mol. The number of halogens is 2. The Morgan fingerprint density at radius 2 is 1.47 bits per heavy atom. The third-order valence-corrected chi connectivity index (χ3v) is 8.16. The Labute approximate surface area is 196 Å². The molecule has 0 bridgehead atoms. The van der Waals surface area contributed by atoms with Gasteiger partial charge in [0.2, 0.25) is 0 Å². The molecular formula is C23H30Br2N4O. The van der Waals surface area contributed by atoms with Crippen LogP contribution < -0.4 is 26.0 Å². The summed E-state index contributed by atoms with van der Waals surface area (Å²) < 4.78 is 7.79. The van der Waals surface area contributed by atoms with Crippen LogP contribution in [0.2, 0.25) is 0 Å². The number of aryl methyl sites for hydroxylation is 1. The van der Waals surface area contributed by atoms with Gasteiger partial charge in [0, 0.05) is 48.0 Å². The average Bonchev–Trinajstić information content (AvgIpc) is 3.39. The highest BCUT2D eigenvalue weighted by atomic mass is 79.9. The zero-order valence-corrected chi connectivity index (χ0v) is 21.0. The molecule has 0 aromatic heterocycles. The molecule has 2 fully saturated rings. The maximum atomic E-state index is 5.56. The molecule has 0 unspecified atom stereocenters. The van der Waals surface area contributed by atoms with Crippen LogP contribution in [0, 0.1) is 13.8 Å². The van der Waals surface area contributed by atoms with Gasteiger partial charge in [-0.3, -0.25) is 21.3 Å². The fraction of sp³-hybridized carbons (Fsp3) is 0.478. The van der Waals surface area contributed by atoms with Gasteiger partial charge in [0.1, 0.15) is 17.1 Å². The highest BCUT2D eigenvalue weighted by Gasteiger charge is 2.54. The van der Waals surface area contributed by atoms with Gasteiger partial charge in [-0.25, -0.2) is 0 Å². The predicted molar refractivity (Wildman–Crippen MR) is 129 cm³/mol. The SMILES string of the molecule is COc1cc(Br)c(C)c(CC2(C3(Cc4c(C)cccc4Br)NCCN3)NCCN2)c1. The minimum atomic E-state index is -0.332. The third kappa shape index (κ3) is 3.96. The van der Waals surface area contributed by atoms with E-state index >= 15 is 0 Å². The summed E-state index contributed by atoms with van der Waals surface area (Å²) in [7, 11) is 1.72. The van der Waals surface area contributed by atoms with E-state index in [1.54, 1.807) is 7.11 Å². The number of nitrogens with one attached hydrogen (secondary N) is 4. The molecule has 0 spiro atoms. The first-order valence-electron chi connectivity index (χ1n) is 10.5. The van der Waals surface area contributed by atoms with E-state index in [-0.39, 0.29) is 11.3 Å². The molecule has 2 aromatic rings. The molecule has 0 aliphatic carbocycles. The van der Waals surface area contributed by atoms with Crippen LogP contribution in [0.25, 0.3) is 0 Å². The molecule has 0 radical (unpaired) electrons.